The monoisotopic (exact) mass is 442 g/mol. The Morgan fingerprint density at radius 1 is 1.25 bits per heavy atom. The topological polar surface area (TPSA) is 112 Å². The Kier molecular flexibility index (Phi) is 6.98. The highest BCUT2D eigenvalue weighted by atomic mass is 16.5. The molecule has 0 radical (unpaired) electrons. The standard InChI is InChI=1S/C23H30N4O5/c1-14-8-19(27(4)26-14)21(29)25-18-10-15(9-17(11-18)22(30)31-5)13-24-20(28)16-6-7-32-23(2,3)12-16/h8-11,16H,6-7,12-13H2,1-5H3,(H,24,28)(H,25,29). The molecule has 9 heteroatoms. The molecule has 1 aliphatic heterocycles. The Labute approximate surface area is 187 Å². The van der Waals surface area contributed by atoms with Crippen molar-refractivity contribution in [3.8, 4) is 0 Å². The van der Waals surface area contributed by atoms with Gasteiger partial charge in [0, 0.05) is 31.8 Å². The largest absolute Gasteiger partial charge is 0.465 e. The number of methoxy groups -OCH3 is 1. The van der Waals surface area contributed by atoms with Crippen molar-refractivity contribution in [1.82, 2.24) is 15.1 Å². The summed E-state index contributed by atoms with van der Waals surface area (Å²) in [7, 11) is 2.98. The first kappa shape index (κ1) is 23.5. The van der Waals surface area contributed by atoms with Gasteiger partial charge in [0.1, 0.15) is 5.69 Å². The minimum Gasteiger partial charge on any atom is -0.465 e. The van der Waals surface area contributed by atoms with E-state index >= 15 is 0 Å². The fraction of sp³-hybridized carbons (Fsp3) is 0.478. The van der Waals surface area contributed by atoms with E-state index in [4.69, 9.17) is 9.47 Å². The van der Waals surface area contributed by atoms with Crippen LogP contribution in [0.4, 0.5) is 5.69 Å². The number of hydrogen-bond acceptors (Lipinski definition) is 6. The van der Waals surface area contributed by atoms with Crippen molar-refractivity contribution in [3.63, 3.8) is 0 Å². The average Bonchev–Trinajstić information content (AvgIpc) is 3.08. The quantitative estimate of drug-likeness (QED) is 0.665. The number of benzene rings is 1. The third kappa shape index (κ3) is 5.73. The zero-order valence-corrected chi connectivity index (χ0v) is 19.2. The van der Waals surface area contributed by atoms with Crippen LogP contribution >= 0.6 is 0 Å². The smallest absolute Gasteiger partial charge is 0.337 e. The fourth-order valence-electron chi connectivity index (χ4n) is 3.91. The molecule has 1 aromatic carbocycles. The van der Waals surface area contributed by atoms with E-state index in [-0.39, 0.29) is 35.4 Å². The predicted molar refractivity (Wildman–Crippen MR) is 118 cm³/mol. The number of hydrogen-bond donors (Lipinski definition) is 2. The van der Waals surface area contributed by atoms with Gasteiger partial charge in [0.25, 0.3) is 5.91 Å². The number of esters is 1. The normalized spacial score (nSPS) is 17.5. The number of rotatable bonds is 6. The molecular formula is C23H30N4O5. The molecule has 3 rings (SSSR count). The number of nitrogens with zero attached hydrogens (tertiary/aromatic N) is 2. The second-order valence-electron chi connectivity index (χ2n) is 8.67. The van der Waals surface area contributed by atoms with Gasteiger partial charge in [-0.3, -0.25) is 14.3 Å². The van der Waals surface area contributed by atoms with E-state index < -0.39 is 5.97 Å². The highest BCUT2D eigenvalue weighted by Crippen LogP contribution is 2.28. The van der Waals surface area contributed by atoms with Crippen LogP contribution < -0.4 is 10.6 Å². The minimum atomic E-state index is -0.531. The van der Waals surface area contributed by atoms with Gasteiger partial charge in [0.2, 0.25) is 5.91 Å². The first-order valence-corrected chi connectivity index (χ1v) is 10.5. The van der Waals surface area contributed by atoms with Crippen molar-refractivity contribution in [1.29, 1.82) is 0 Å². The van der Waals surface area contributed by atoms with Crippen molar-refractivity contribution in [2.75, 3.05) is 19.0 Å². The van der Waals surface area contributed by atoms with Crippen molar-refractivity contribution in [2.45, 2.75) is 45.8 Å². The highest BCUT2D eigenvalue weighted by Gasteiger charge is 2.32. The van der Waals surface area contributed by atoms with Gasteiger partial charge in [-0.25, -0.2) is 4.79 Å². The Morgan fingerprint density at radius 3 is 2.62 bits per heavy atom. The molecule has 1 atom stereocenters. The molecular weight excluding hydrogens is 412 g/mol. The summed E-state index contributed by atoms with van der Waals surface area (Å²) in [5, 5.41) is 9.92. The molecule has 2 N–H and O–H groups in total. The number of nitrogens with one attached hydrogen (secondary N) is 2. The highest BCUT2D eigenvalue weighted by molar-refractivity contribution is 6.04. The van der Waals surface area contributed by atoms with Crippen LogP contribution in [0.5, 0.6) is 0 Å². The molecule has 0 bridgehead atoms. The molecule has 1 unspecified atom stereocenters. The molecule has 1 saturated heterocycles. The fourth-order valence-corrected chi connectivity index (χ4v) is 3.91. The zero-order chi connectivity index (χ0) is 23.5. The van der Waals surface area contributed by atoms with E-state index in [1.165, 1.54) is 11.8 Å². The van der Waals surface area contributed by atoms with Gasteiger partial charge in [-0.05, 0) is 63.4 Å². The maximum Gasteiger partial charge on any atom is 0.337 e. The molecule has 0 aliphatic carbocycles. The van der Waals surface area contributed by atoms with Gasteiger partial charge in [-0.15, -0.1) is 0 Å². The molecule has 0 saturated carbocycles. The molecule has 1 aliphatic rings. The van der Waals surface area contributed by atoms with Crippen LogP contribution in [0.3, 0.4) is 0 Å². The van der Waals surface area contributed by atoms with Gasteiger partial charge >= 0.3 is 5.97 Å². The van der Waals surface area contributed by atoms with Crippen molar-refractivity contribution in [2.24, 2.45) is 13.0 Å². The number of anilines is 1. The lowest BCUT2D eigenvalue weighted by molar-refractivity contribution is -0.135. The molecule has 1 aromatic heterocycles. The lowest BCUT2D eigenvalue weighted by Gasteiger charge is -2.34. The third-order valence-electron chi connectivity index (χ3n) is 5.44. The summed E-state index contributed by atoms with van der Waals surface area (Å²) >= 11 is 0. The number of carbonyl (C=O) groups is 3. The molecule has 9 nitrogen and oxygen atoms in total. The Morgan fingerprint density at radius 2 is 2.00 bits per heavy atom. The van der Waals surface area contributed by atoms with E-state index in [0.717, 1.165) is 5.69 Å². The van der Waals surface area contributed by atoms with Gasteiger partial charge < -0.3 is 20.1 Å². The molecule has 2 amide bonds. The third-order valence-corrected chi connectivity index (χ3v) is 5.44. The summed E-state index contributed by atoms with van der Waals surface area (Å²) in [6, 6.07) is 6.58. The number of amides is 2. The van der Waals surface area contributed by atoms with Gasteiger partial charge in [0.05, 0.1) is 24.0 Å². The van der Waals surface area contributed by atoms with Crippen molar-refractivity contribution < 1.29 is 23.9 Å². The molecule has 2 aromatic rings. The Bertz CT molecular complexity index is 1030. The van der Waals surface area contributed by atoms with Gasteiger partial charge in [0.15, 0.2) is 0 Å². The van der Waals surface area contributed by atoms with E-state index in [1.807, 2.05) is 13.8 Å². The van der Waals surface area contributed by atoms with Crippen LogP contribution in [0.1, 0.15) is 58.8 Å². The first-order valence-electron chi connectivity index (χ1n) is 10.5. The van der Waals surface area contributed by atoms with Gasteiger partial charge in [-0.2, -0.15) is 5.10 Å². The SMILES string of the molecule is COC(=O)c1cc(CNC(=O)C2CCOC(C)(C)C2)cc(NC(=O)c2cc(C)nn2C)c1. The maximum atomic E-state index is 12.7. The summed E-state index contributed by atoms with van der Waals surface area (Å²) < 4.78 is 12.0. The summed E-state index contributed by atoms with van der Waals surface area (Å²) in [6.07, 6.45) is 1.31. The second kappa shape index (κ2) is 9.52. The first-order chi connectivity index (χ1) is 15.1. The van der Waals surface area contributed by atoms with Crippen LogP contribution in [0.25, 0.3) is 0 Å². The van der Waals surface area contributed by atoms with Crippen LogP contribution in [-0.2, 0) is 27.9 Å². The van der Waals surface area contributed by atoms with Crippen LogP contribution in [-0.4, -0.2) is 46.9 Å². The molecule has 1 fully saturated rings. The van der Waals surface area contributed by atoms with Crippen molar-refractivity contribution >= 4 is 23.5 Å². The lowest BCUT2D eigenvalue weighted by Crippen LogP contribution is -2.41. The number of carbonyl (C=O) groups excluding carboxylic acids is 3. The molecule has 32 heavy (non-hydrogen) atoms. The summed E-state index contributed by atoms with van der Waals surface area (Å²) in [4.78, 5) is 37.5. The van der Waals surface area contributed by atoms with E-state index in [2.05, 4.69) is 15.7 Å². The lowest BCUT2D eigenvalue weighted by atomic mass is 9.88. The maximum absolute atomic E-state index is 12.7. The minimum absolute atomic E-state index is 0.0548. The predicted octanol–water partition coefficient (Wildman–Crippen LogP) is 2.59. The Balaban J connectivity index is 1.75. The number of aryl methyl sites for hydroxylation is 2. The molecule has 0 spiro atoms. The summed E-state index contributed by atoms with van der Waals surface area (Å²) in [5.74, 6) is -1.07. The number of aromatic nitrogens is 2. The van der Waals surface area contributed by atoms with Gasteiger partial charge in [-0.1, -0.05) is 0 Å². The summed E-state index contributed by atoms with van der Waals surface area (Å²) in [6.45, 7) is 6.52. The zero-order valence-electron chi connectivity index (χ0n) is 19.2. The van der Waals surface area contributed by atoms with E-state index in [0.29, 0.717) is 36.4 Å². The van der Waals surface area contributed by atoms with Crippen LogP contribution in [0.2, 0.25) is 0 Å². The number of ether oxygens (including phenoxy) is 2. The van der Waals surface area contributed by atoms with Crippen LogP contribution in [0, 0.1) is 12.8 Å². The van der Waals surface area contributed by atoms with Crippen molar-refractivity contribution in [3.05, 3.63) is 46.8 Å². The van der Waals surface area contributed by atoms with E-state index in [1.54, 1.807) is 38.2 Å². The molecule has 2 heterocycles. The van der Waals surface area contributed by atoms with Crippen LogP contribution in [0.15, 0.2) is 24.3 Å². The van der Waals surface area contributed by atoms with E-state index in [9.17, 15) is 14.4 Å². The summed E-state index contributed by atoms with van der Waals surface area (Å²) in [5.41, 5.74) is 2.16. The molecule has 172 valence electrons. The average molecular weight is 443 g/mol. The Hall–Kier alpha value is -3.20. The second-order valence-corrected chi connectivity index (χ2v) is 8.67.